The lowest BCUT2D eigenvalue weighted by Crippen LogP contribution is -2.51. The lowest BCUT2D eigenvalue weighted by molar-refractivity contribution is -0.139. The van der Waals surface area contributed by atoms with Gasteiger partial charge in [0.15, 0.2) is 0 Å². The van der Waals surface area contributed by atoms with Gasteiger partial charge in [-0.2, -0.15) is 0 Å². The second-order valence-electron chi connectivity index (χ2n) is 9.29. The third-order valence-electron chi connectivity index (χ3n) is 5.78. The van der Waals surface area contributed by atoms with E-state index < -0.39 is 53.9 Å². The van der Waals surface area contributed by atoms with E-state index in [-0.39, 0.29) is 19.6 Å². The Hall–Kier alpha value is -2.65. The van der Waals surface area contributed by atoms with Crippen LogP contribution in [0.2, 0.25) is 0 Å². The molecule has 176 valence electrons. The highest BCUT2D eigenvalue weighted by Crippen LogP contribution is 2.33. The van der Waals surface area contributed by atoms with Gasteiger partial charge in [0.2, 0.25) is 5.91 Å². The van der Waals surface area contributed by atoms with Crippen LogP contribution in [-0.2, 0) is 19.0 Å². The van der Waals surface area contributed by atoms with E-state index in [9.17, 15) is 19.5 Å². The molecular formula is C23H32N2O7. The first-order valence-corrected chi connectivity index (χ1v) is 10.8. The van der Waals surface area contributed by atoms with Gasteiger partial charge in [-0.25, -0.2) is 14.5 Å². The second kappa shape index (κ2) is 9.46. The fourth-order valence-electron chi connectivity index (χ4n) is 4.32. The molecule has 1 unspecified atom stereocenters. The first-order chi connectivity index (χ1) is 15.0. The molecule has 0 aliphatic carbocycles. The first-order valence-electron chi connectivity index (χ1n) is 10.8. The first kappa shape index (κ1) is 24.0. The van der Waals surface area contributed by atoms with Gasteiger partial charge in [-0.15, -0.1) is 0 Å². The summed E-state index contributed by atoms with van der Waals surface area (Å²) < 4.78 is 16.3. The number of carbonyl (C=O) groups excluding carboxylic acids is 3. The Balaban J connectivity index is 1.82. The summed E-state index contributed by atoms with van der Waals surface area (Å²) in [5.41, 5.74) is 0.0843. The predicted molar refractivity (Wildman–Crippen MR) is 115 cm³/mol. The normalized spacial score (nSPS) is 25.4. The molecule has 2 aliphatic rings. The number of amides is 3. The number of imide groups is 1. The summed E-state index contributed by atoms with van der Waals surface area (Å²) in [7, 11) is 1.45. The lowest BCUT2D eigenvalue weighted by atomic mass is 9.93. The van der Waals surface area contributed by atoms with Crippen molar-refractivity contribution in [1.29, 1.82) is 0 Å². The van der Waals surface area contributed by atoms with Crippen molar-refractivity contribution in [2.45, 2.75) is 64.0 Å². The standard InChI is InChI=1S/C23H32N2O7/c1-14(20(27)25-18(13-31-22(25)29)15-9-7-6-8-10-15)19(30-5)17-11-16(26)12-24(17)21(28)32-23(2,3)4/h6-10,14,16-19,26H,11-13H2,1-5H3/t14-,16-,17+,18?,19-/m1/s1. The summed E-state index contributed by atoms with van der Waals surface area (Å²) in [4.78, 5) is 41.1. The van der Waals surface area contributed by atoms with Gasteiger partial charge >= 0.3 is 12.2 Å². The fraction of sp³-hybridized carbons (Fsp3) is 0.609. The maximum Gasteiger partial charge on any atom is 0.417 e. The third kappa shape index (κ3) is 5.05. The number of aliphatic hydroxyl groups excluding tert-OH is 1. The number of carbonyl (C=O) groups is 3. The van der Waals surface area contributed by atoms with Gasteiger partial charge in [0.25, 0.3) is 0 Å². The molecule has 0 radical (unpaired) electrons. The molecule has 2 fully saturated rings. The zero-order valence-corrected chi connectivity index (χ0v) is 19.2. The highest BCUT2D eigenvalue weighted by molar-refractivity contribution is 5.95. The van der Waals surface area contributed by atoms with Crippen LogP contribution in [0.4, 0.5) is 9.59 Å². The van der Waals surface area contributed by atoms with E-state index in [1.165, 1.54) is 12.0 Å². The summed E-state index contributed by atoms with van der Waals surface area (Å²) in [6.07, 6.45) is -2.56. The zero-order valence-electron chi connectivity index (χ0n) is 19.2. The lowest BCUT2D eigenvalue weighted by Gasteiger charge is -2.35. The van der Waals surface area contributed by atoms with Crippen LogP contribution in [0.1, 0.15) is 45.7 Å². The molecule has 1 N–H and O–H groups in total. The Morgan fingerprint density at radius 1 is 1.22 bits per heavy atom. The molecule has 1 aromatic carbocycles. The van der Waals surface area contributed by atoms with Crippen molar-refractivity contribution in [3.63, 3.8) is 0 Å². The average molecular weight is 449 g/mol. The summed E-state index contributed by atoms with van der Waals surface area (Å²) in [5.74, 6) is -1.24. The van der Waals surface area contributed by atoms with E-state index in [0.29, 0.717) is 0 Å². The maximum atomic E-state index is 13.4. The topological polar surface area (TPSA) is 106 Å². The summed E-state index contributed by atoms with van der Waals surface area (Å²) in [5, 5.41) is 10.3. The molecule has 2 heterocycles. The van der Waals surface area contributed by atoms with Crippen LogP contribution < -0.4 is 0 Å². The van der Waals surface area contributed by atoms with Crippen molar-refractivity contribution in [3.8, 4) is 0 Å². The Bertz CT molecular complexity index is 838. The zero-order chi connectivity index (χ0) is 23.6. The number of aliphatic hydroxyl groups is 1. The average Bonchev–Trinajstić information content (AvgIpc) is 3.30. The number of hydrogen-bond acceptors (Lipinski definition) is 7. The third-order valence-corrected chi connectivity index (χ3v) is 5.78. The highest BCUT2D eigenvalue weighted by Gasteiger charge is 2.48. The molecule has 5 atom stereocenters. The van der Waals surface area contributed by atoms with Crippen LogP contribution in [-0.4, -0.2) is 77.1 Å². The van der Waals surface area contributed by atoms with Gasteiger partial charge in [-0.05, 0) is 32.8 Å². The Kier molecular flexibility index (Phi) is 7.09. The van der Waals surface area contributed by atoms with Crippen LogP contribution >= 0.6 is 0 Å². The number of nitrogens with zero attached hydrogens (tertiary/aromatic N) is 2. The number of cyclic esters (lactones) is 1. The minimum Gasteiger partial charge on any atom is -0.446 e. The SMILES string of the molecule is CO[C@H]([C@@H](C)C(=O)N1C(=O)OCC1c1ccccc1)[C@@H]1C[C@@H](O)CN1C(=O)OC(C)(C)C. The van der Waals surface area contributed by atoms with E-state index >= 15 is 0 Å². The highest BCUT2D eigenvalue weighted by atomic mass is 16.6. The van der Waals surface area contributed by atoms with Gasteiger partial charge in [0, 0.05) is 7.11 Å². The van der Waals surface area contributed by atoms with Gasteiger partial charge in [-0.1, -0.05) is 37.3 Å². The quantitative estimate of drug-likeness (QED) is 0.738. The molecule has 2 saturated heterocycles. The molecule has 0 aromatic heterocycles. The van der Waals surface area contributed by atoms with E-state index in [4.69, 9.17) is 14.2 Å². The second-order valence-corrected chi connectivity index (χ2v) is 9.29. The van der Waals surface area contributed by atoms with Crippen molar-refractivity contribution in [2.24, 2.45) is 5.92 Å². The molecular weight excluding hydrogens is 416 g/mol. The van der Waals surface area contributed by atoms with Crippen molar-refractivity contribution in [3.05, 3.63) is 35.9 Å². The molecule has 3 rings (SSSR count). The molecule has 32 heavy (non-hydrogen) atoms. The molecule has 9 nitrogen and oxygen atoms in total. The number of hydrogen-bond donors (Lipinski definition) is 1. The van der Waals surface area contributed by atoms with Crippen molar-refractivity contribution in [1.82, 2.24) is 9.80 Å². The predicted octanol–water partition coefficient (Wildman–Crippen LogP) is 2.73. The smallest absolute Gasteiger partial charge is 0.417 e. The number of rotatable bonds is 5. The number of ether oxygens (including phenoxy) is 3. The van der Waals surface area contributed by atoms with Crippen LogP contribution in [0, 0.1) is 5.92 Å². The minimum absolute atomic E-state index is 0.0745. The molecule has 9 heteroatoms. The molecule has 0 saturated carbocycles. The number of β-amino-alcohol motifs (C(OH)–C–C–N with tert-alkyl or cyclic N) is 1. The van der Waals surface area contributed by atoms with Crippen LogP contribution in [0.25, 0.3) is 0 Å². The van der Waals surface area contributed by atoms with Crippen molar-refractivity contribution in [2.75, 3.05) is 20.3 Å². The fourth-order valence-corrected chi connectivity index (χ4v) is 4.32. The number of benzene rings is 1. The van der Waals surface area contributed by atoms with Gasteiger partial charge < -0.3 is 19.3 Å². The van der Waals surface area contributed by atoms with Crippen LogP contribution in [0.5, 0.6) is 0 Å². The molecule has 1 aromatic rings. The number of likely N-dealkylation sites (tertiary alicyclic amines) is 1. The van der Waals surface area contributed by atoms with E-state index in [1.807, 2.05) is 30.3 Å². The van der Waals surface area contributed by atoms with Crippen LogP contribution in [0.15, 0.2) is 30.3 Å². The summed E-state index contributed by atoms with van der Waals surface area (Å²) in [6.45, 7) is 7.09. The monoisotopic (exact) mass is 448 g/mol. The maximum absolute atomic E-state index is 13.4. The molecule has 0 bridgehead atoms. The van der Waals surface area contributed by atoms with Gasteiger partial charge in [0.05, 0.1) is 30.7 Å². The molecule has 3 amide bonds. The Morgan fingerprint density at radius 2 is 1.88 bits per heavy atom. The summed E-state index contributed by atoms with van der Waals surface area (Å²) >= 11 is 0. The van der Waals surface area contributed by atoms with Crippen molar-refractivity contribution >= 4 is 18.1 Å². The molecule has 0 spiro atoms. The van der Waals surface area contributed by atoms with Crippen molar-refractivity contribution < 1.29 is 33.7 Å². The molecule has 2 aliphatic heterocycles. The van der Waals surface area contributed by atoms with Crippen LogP contribution in [0.3, 0.4) is 0 Å². The Morgan fingerprint density at radius 3 is 2.47 bits per heavy atom. The Labute approximate surface area is 188 Å². The van der Waals surface area contributed by atoms with Gasteiger partial charge in [0.1, 0.15) is 18.2 Å². The van der Waals surface area contributed by atoms with E-state index in [1.54, 1.807) is 27.7 Å². The van der Waals surface area contributed by atoms with Gasteiger partial charge in [-0.3, -0.25) is 9.69 Å². The summed E-state index contributed by atoms with van der Waals surface area (Å²) in [6, 6.07) is 8.07. The minimum atomic E-state index is -0.780. The number of methoxy groups -OCH3 is 1. The van der Waals surface area contributed by atoms with E-state index in [2.05, 4.69) is 0 Å². The van der Waals surface area contributed by atoms with E-state index in [0.717, 1.165) is 10.5 Å². The largest absolute Gasteiger partial charge is 0.446 e.